The van der Waals surface area contributed by atoms with Gasteiger partial charge in [-0.3, -0.25) is 0 Å². The van der Waals surface area contributed by atoms with E-state index in [1.165, 1.54) is 17.7 Å². The number of phenols is 1. The summed E-state index contributed by atoms with van der Waals surface area (Å²) in [5, 5.41) is 13.3. The van der Waals surface area contributed by atoms with E-state index in [4.69, 9.17) is 0 Å². The number of rotatable bonds is 6. The van der Waals surface area contributed by atoms with Crippen molar-refractivity contribution in [2.75, 3.05) is 24.5 Å². The van der Waals surface area contributed by atoms with Crippen molar-refractivity contribution in [2.24, 2.45) is 5.41 Å². The normalized spacial score (nSPS) is 19.8. The second-order valence-electron chi connectivity index (χ2n) is 7.81. The standard InChI is InChI=1S/C22H30N2O/c1-22(2)17-24(19-10-12-20(25)13-11-19)16-14-21(22)23-15-6-9-18-7-4-3-5-8-18/h3-5,7-8,10-13,21,23,25H,6,9,14-17H2,1-2H3. The van der Waals surface area contributed by atoms with Crippen LogP contribution in [-0.4, -0.2) is 30.8 Å². The summed E-state index contributed by atoms with van der Waals surface area (Å²) in [7, 11) is 0. The van der Waals surface area contributed by atoms with Gasteiger partial charge in [0.1, 0.15) is 5.75 Å². The van der Waals surface area contributed by atoms with Crippen molar-refractivity contribution in [2.45, 2.75) is 39.2 Å². The highest BCUT2D eigenvalue weighted by molar-refractivity contribution is 5.49. The lowest BCUT2D eigenvalue weighted by Crippen LogP contribution is -2.54. The monoisotopic (exact) mass is 338 g/mol. The summed E-state index contributed by atoms with van der Waals surface area (Å²) in [6.07, 6.45) is 3.47. The summed E-state index contributed by atoms with van der Waals surface area (Å²) in [6, 6.07) is 18.9. The molecular weight excluding hydrogens is 308 g/mol. The average molecular weight is 338 g/mol. The predicted octanol–water partition coefficient (Wildman–Crippen LogP) is 4.22. The Morgan fingerprint density at radius 1 is 1.08 bits per heavy atom. The Labute approximate surface area is 151 Å². The first-order valence-corrected chi connectivity index (χ1v) is 9.36. The Morgan fingerprint density at radius 3 is 2.48 bits per heavy atom. The number of nitrogens with one attached hydrogen (secondary N) is 1. The summed E-state index contributed by atoms with van der Waals surface area (Å²) in [5.41, 5.74) is 2.85. The van der Waals surface area contributed by atoms with Crippen molar-refractivity contribution in [3.63, 3.8) is 0 Å². The molecule has 1 heterocycles. The second kappa shape index (κ2) is 7.92. The van der Waals surface area contributed by atoms with Crippen LogP contribution >= 0.6 is 0 Å². The summed E-state index contributed by atoms with van der Waals surface area (Å²) >= 11 is 0. The number of anilines is 1. The first-order valence-electron chi connectivity index (χ1n) is 9.36. The van der Waals surface area contributed by atoms with E-state index < -0.39 is 0 Å². The number of nitrogens with zero attached hydrogens (tertiary/aromatic N) is 1. The lowest BCUT2D eigenvalue weighted by Gasteiger charge is -2.45. The summed E-state index contributed by atoms with van der Waals surface area (Å²) < 4.78 is 0. The third kappa shape index (κ3) is 4.76. The van der Waals surface area contributed by atoms with E-state index in [-0.39, 0.29) is 5.41 Å². The second-order valence-corrected chi connectivity index (χ2v) is 7.81. The quantitative estimate of drug-likeness (QED) is 0.774. The molecule has 3 heteroatoms. The molecule has 0 spiro atoms. The fourth-order valence-electron chi connectivity index (χ4n) is 3.83. The van der Waals surface area contributed by atoms with E-state index in [0.717, 1.165) is 32.5 Å². The van der Waals surface area contributed by atoms with Crippen molar-refractivity contribution in [1.29, 1.82) is 0 Å². The molecule has 0 radical (unpaired) electrons. The van der Waals surface area contributed by atoms with Gasteiger partial charge in [0.05, 0.1) is 0 Å². The Balaban J connectivity index is 1.48. The lowest BCUT2D eigenvalue weighted by molar-refractivity contribution is 0.205. The van der Waals surface area contributed by atoms with E-state index in [2.05, 4.69) is 54.4 Å². The fourth-order valence-corrected chi connectivity index (χ4v) is 3.83. The van der Waals surface area contributed by atoms with Gasteiger partial charge in [-0.25, -0.2) is 0 Å². The number of aryl methyl sites for hydroxylation is 1. The molecule has 3 rings (SSSR count). The highest BCUT2D eigenvalue weighted by atomic mass is 16.3. The van der Waals surface area contributed by atoms with Crippen molar-refractivity contribution in [3.8, 4) is 5.75 Å². The number of hydrogen-bond acceptors (Lipinski definition) is 3. The van der Waals surface area contributed by atoms with Gasteiger partial charge in [-0.15, -0.1) is 0 Å². The fraction of sp³-hybridized carbons (Fsp3) is 0.455. The van der Waals surface area contributed by atoms with Crippen LogP contribution in [0, 0.1) is 5.41 Å². The largest absolute Gasteiger partial charge is 0.508 e. The third-order valence-electron chi connectivity index (χ3n) is 5.32. The maximum absolute atomic E-state index is 9.47. The van der Waals surface area contributed by atoms with E-state index >= 15 is 0 Å². The number of phenolic OH excluding ortho intramolecular Hbond substituents is 1. The Hall–Kier alpha value is -2.00. The van der Waals surface area contributed by atoms with E-state index in [9.17, 15) is 5.11 Å². The van der Waals surface area contributed by atoms with Crippen LogP contribution in [-0.2, 0) is 6.42 Å². The van der Waals surface area contributed by atoms with E-state index in [1.807, 2.05) is 12.1 Å². The number of hydrogen-bond donors (Lipinski definition) is 2. The molecule has 3 nitrogen and oxygen atoms in total. The van der Waals surface area contributed by atoms with Gasteiger partial charge in [0, 0.05) is 24.8 Å². The van der Waals surface area contributed by atoms with Gasteiger partial charge >= 0.3 is 0 Å². The molecule has 0 aliphatic carbocycles. The first-order chi connectivity index (χ1) is 12.0. The molecule has 134 valence electrons. The highest BCUT2D eigenvalue weighted by Gasteiger charge is 2.35. The summed E-state index contributed by atoms with van der Waals surface area (Å²) in [4.78, 5) is 2.43. The molecule has 1 atom stereocenters. The van der Waals surface area contributed by atoms with Gasteiger partial charge in [-0.1, -0.05) is 44.2 Å². The molecule has 0 amide bonds. The molecule has 0 saturated carbocycles. The van der Waals surface area contributed by atoms with Gasteiger partial charge in [-0.05, 0) is 61.1 Å². The molecule has 0 bridgehead atoms. The molecule has 2 aromatic carbocycles. The topological polar surface area (TPSA) is 35.5 Å². The van der Waals surface area contributed by atoms with Gasteiger partial charge in [0.25, 0.3) is 0 Å². The molecule has 2 N–H and O–H groups in total. The Kier molecular flexibility index (Phi) is 5.64. The molecule has 1 unspecified atom stereocenters. The average Bonchev–Trinajstić information content (AvgIpc) is 2.61. The van der Waals surface area contributed by atoms with Crippen LogP contribution in [0.1, 0.15) is 32.3 Å². The number of benzene rings is 2. The summed E-state index contributed by atoms with van der Waals surface area (Å²) in [6.45, 7) is 7.88. The molecule has 1 fully saturated rings. The van der Waals surface area contributed by atoms with Crippen LogP contribution in [0.2, 0.25) is 0 Å². The lowest BCUT2D eigenvalue weighted by atomic mass is 9.79. The first kappa shape index (κ1) is 17.8. The van der Waals surface area contributed by atoms with Crippen molar-refractivity contribution < 1.29 is 5.11 Å². The molecule has 25 heavy (non-hydrogen) atoms. The van der Waals surface area contributed by atoms with Gasteiger partial charge in [0.2, 0.25) is 0 Å². The molecule has 1 saturated heterocycles. The van der Waals surface area contributed by atoms with Crippen LogP contribution in [0.3, 0.4) is 0 Å². The van der Waals surface area contributed by atoms with Gasteiger partial charge in [0.15, 0.2) is 0 Å². The molecule has 0 aromatic heterocycles. The minimum Gasteiger partial charge on any atom is -0.508 e. The highest BCUT2D eigenvalue weighted by Crippen LogP contribution is 2.32. The van der Waals surface area contributed by atoms with Crippen LogP contribution < -0.4 is 10.2 Å². The zero-order valence-corrected chi connectivity index (χ0v) is 15.4. The van der Waals surface area contributed by atoms with E-state index in [1.54, 1.807) is 12.1 Å². The van der Waals surface area contributed by atoms with Crippen LogP contribution in [0.25, 0.3) is 0 Å². The maximum atomic E-state index is 9.47. The van der Waals surface area contributed by atoms with Gasteiger partial charge < -0.3 is 15.3 Å². The van der Waals surface area contributed by atoms with Crippen LogP contribution in [0.4, 0.5) is 5.69 Å². The maximum Gasteiger partial charge on any atom is 0.115 e. The van der Waals surface area contributed by atoms with Gasteiger partial charge in [-0.2, -0.15) is 0 Å². The number of aromatic hydroxyl groups is 1. The van der Waals surface area contributed by atoms with Crippen molar-refractivity contribution in [3.05, 3.63) is 60.2 Å². The van der Waals surface area contributed by atoms with E-state index in [0.29, 0.717) is 11.8 Å². The minimum absolute atomic E-state index is 0.225. The summed E-state index contributed by atoms with van der Waals surface area (Å²) in [5.74, 6) is 0.331. The zero-order chi connectivity index (χ0) is 17.7. The Bertz CT molecular complexity index is 651. The zero-order valence-electron chi connectivity index (χ0n) is 15.4. The molecule has 1 aliphatic rings. The van der Waals surface area contributed by atoms with Crippen LogP contribution in [0.5, 0.6) is 5.75 Å². The number of piperidine rings is 1. The SMILES string of the molecule is CC1(C)CN(c2ccc(O)cc2)CCC1NCCCc1ccccc1. The smallest absolute Gasteiger partial charge is 0.115 e. The predicted molar refractivity (Wildman–Crippen MR) is 105 cm³/mol. The molecular formula is C22H30N2O. The van der Waals surface area contributed by atoms with Crippen LogP contribution in [0.15, 0.2) is 54.6 Å². The van der Waals surface area contributed by atoms with Crippen molar-refractivity contribution >= 4 is 5.69 Å². The van der Waals surface area contributed by atoms with Crippen molar-refractivity contribution in [1.82, 2.24) is 5.32 Å². The minimum atomic E-state index is 0.225. The molecule has 2 aromatic rings. The third-order valence-corrected chi connectivity index (χ3v) is 5.32. The molecule has 1 aliphatic heterocycles. The Morgan fingerprint density at radius 2 is 1.80 bits per heavy atom.